The molecule has 100 valence electrons. The molecule has 0 saturated carbocycles. The molecule has 0 aliphatic heterocycles. The summed E-state index contributed by atoms with van der Waals surface area (Å²) in [6.45, 7) is 3.75. The first-order valence-corrected chi connectivity index (χ1v) is 6.77. The third kappa shape index (κ3) is 3.11. The predicted octanol–water partition coefficient (Wildman–Crippen LogP) is 3.21. The monoisotopic (exact) mass is 257 g/mol. The van der Waals surface area contributed by atoms with Gasteiger partial charge in [-0.2, -0.15) is 0 Å². The highest BCUT2D eigenvalue weighted by Gasteiger charge is 2.10. The summed E-state index contributed by atoms with van der Waals surface area (Å²) in [6.07, 6.45) is 2.00. The lowest BCUT2D eigenvalue weighted by atomic mass is 10.0. The van der Waals surface area contributed by atoms with E-state index < -0.39 is 0 Å². The summed E-state index contributed by atoms with van der Waals surface area (Å²) in [4.78, 5) is 26.4. The second-order valence-electron chi connectivity index (χ2n) is 4.81. The van der Waals surface area contributed by atoms with Crippen molar-refractivity contribution in [2.24, 2.45) is 0 Å². The number of nitrogens with one attached hydrogen (secondary N) is 1. The van der Waals surface area contributed by atoms with Crippen molar-refractivity contribution in [2.75, 3.05) is 0 Å². The van der Waals surface area contributed by atoms with Gasteiger partial charge in [-0.1, -0.05) is 32.0 Å². The van der Waals surface area contributed by atoms with E-state index in [1.54, 1.807) is 0 Å². The number of carbonyl (C=O) groups is 2. The van der Waals surface area contributed by atoms with Gasteiger partial charge in [-0.05, 0) is 17.0 Å². The SMILES string of the molecule is CCC(=O)Cc1cc2cccc(CC(=O)CC)c2[nH]1. The lowest BCUT2D eigenvalue weighted by Gasteiger charge is -2.01. The summed E-state index contributed by atoms with van der Waals surface area (Å²) in [5.41, 5.74) is 2.93. The standard InChI is InChI=1S/C16H19NO2/c1-3-14(18)9-12-7-5-6-11-8-13(17-16(11)12)10-15(19)4-2/h5-8,17H,3-4,9-10H2,1-2H3. The van der Waals surface area contributed by atoms with Crippen LogP contribution in [0.5, 0.6) is 0 Å². The zero-order valence-corrected chi connectivity index (χ0v) is 11.5. The third-order valence-corrected chi connectivity index (χ3v) is 3.36. The quantitative estimate of drug-likeness (QED) is 0.863. The normalized spacial score (nSPS) is 10.8. The number of para-hydroxylation sites is 1. The Kier molecular flexibility index (Phi) is 4.15. The minimum atomic E-state index is 0.220. The number of ketones is 2. The number of aromatic nitrogens is 1. The molecule has 0 saturated heterocycles. The van der Waals surface area contributed by atoms with E-state index in [1.165, 1.54) is 0 Å². The average molecular weight is 257 g/mol. The Morgan fingerprint density at radius 1 is 1.05 bits per heavy atom. The Balaban J connectivity index is 2.33. The molecule has 0 radical (unpaired) electrons. The maximum atomic E-state index is 11.6. The lowest BCUT2D eigenvalue weighted by molar-refractivity contribution is -0.119. The fraction of sp³-hybridized carbons (Fsp3) is 0.375. The number of rotatable bonds is 6. The van der Waals surface area contributed by atoms with Crippen LogP contribution < -0.4 is 0 Å². The van der Waals surface area contributed by atoms with E-state index >= 15 is 0 Å². The molecule has 3 nitrogen and oxygen atoms in total. The van der Waals surface area contributed by atoms with Crippen LogP contribution in [0, 0.1) is 0 Å². The van der Waals surface area contributed by atoms with Crippen molar-refractivity contribution in [1.82, 2.24) is 4.98 Å². The number of hydrogen-bond acceptors (Lipinski definition) is 2. The molecule has 3 heteroatoms. The predicted molar refractivity (Wildman–Crippen MR) is 76.3 cm³/mol. The number of benzene rings is 1. The molecule has 0 spiro atoms. The smallest absolute Gasteiger partial charge is 0.138 e. The molecule has 1 aromatic carbocycles. The van der Waals surface area contributed by atoms with Gasteiger partial charge in [0.1, 0.15) is 11.6 Å². The highest BCUT2D eigenvalue weighted by atomic mass is 16.1. The molecule has 1 heterocycles. The van der Waals surface area contributed by atoms with Gasteiger partial charge in [0.05, 0.1) is 0 Å². The van der Waals surface area contributed by atoms with Gasteiger partial charge in [-0.3, -0.25) is 9.59 Å². The summed E-state index contributed by atoms with van der Waals surface area (Å²) in [7, 11) is 0. The van der Waals surface area contributed by atoms with Crippen molar-refractivity contribution in [3.63, 3.8) is 0 Å². The fourth-order valence-corrected chi connectivity index (χ4v) is 2.19. The minimum absolute atomic E-state index is 0.220. The summed E-state index contributed by atoms with van der Waals surface area (Å²) < 4.78 is 0. The molecule has 1 aromatic heterocycles. The second kappa shape index (κ2) is 5.83. The van der Waals surface area contributed by atoms with Gasteiger partial charge in [0.25, 0.3) is 0 Å². The molecule has 1 N–H and O–H groups in total. The third-order valence-electron chi connectivity index (χ3n) is 3.36. The highest BCUT2D eigenvalue weighted by molar-refractivity contribution is 5.90. The molecule has 0 bridgehead atoms. The topological polar surface area (TPSA) is 49.9 Å². The van der Waals surface area contributed by atoms with Crippen molar-refractivity contribution >= 4 is 22.5 Å². The van der Waals surface area contributed by atoms with Gasteiger partial charge < -0.3 is 4.98 Å². The largest absolute Gasteiger partial charge is 0.358 e. The number of Topliss-reactive ketones (excluding diaryl/α,β-unsaturated/α-hetero) is 2. The van der Waals surface area contributed by atoms with E-state index in [9.17, 15) is 9.59 Å². The van der Waals surface area contributed by atoms with E-state index in [0.717, 1.165) is 22.2 Å². The Labute approximate surface area is 113 Å². The molecule has 0 fully saturated rings. The van der Waals surface area contributed by atoms with Gasteiger partial charge in [-0.25, -0.2) is 0 Å². The number of aromatic amines is 1. The van der Waals surface area contributed by atoms with Gasteiger partial charge >= 0.3 is 0 Å². The van der Waals surface area contributed by atoms with Gasteiger partial charge in [-0.15, -0.1) is 0 Å². The van der Waals surface area contributed by atoms with E-state index in [1.807, 2.05) is 38.1 Å². The van der Waals surface area contributed by atoms with Crippen LogP contribution in [0.15, 0.2) is 24.3 Å². The molecule has 2 aromatic rings. The van der Waals surface area contributed by atoms with Gasteiger partial charge in [0, 0.05) is 36.9 Å². The van der Waals surface area contributed by atoms with E-state index in [4.69, 9.17) is 0 Å². The van der Waals surface area contributed by atoms with Crippen LogP contribution in [-0.2, 0) is 22.4 Å². The Bertz CT molecular complexity index is 610. The number of carbonyl (C=O) groups excluding carboxylic acids is 2. The van der Waals surface area contributed by atoms with Crippen LogP contribution in [0.3, 0.4) is 0 Å². The zero-order chi connectivity index (χ0) is 13.8. The maximum Gasteiger partial charge on any atom is 0.138 e. The Morgan fingerprint density at radius 3 is 2.42 bits per heavy atom. The summed E-state index contributed by atoms with van der Waals surface area (Å²) in [6, 6.07) is 7.94. The van der Waals surface area contributed by atoms with Crippen molar-refractivity contribution in [1.29, 1.82) is 0 Å². The van der Waals surface area contributed by atoms with Crippen LogP contribution in [0.25, 0.3) is 10.9 Å². The van der Waals surface area contributed by atoms with Crippen molar-refractivity contribution < 1.29 is 9.59 Å². The van der Waals surface area contributed by atoms with E-state index in [0.29, 0.717) is 25.7 Å². The average Bonchev–Trinajstić information content (AvgIpc) is 2.81. The molecule has 0 aliphatic carbocycles. The summed E-state index contributed by atoms with van der Waals surface area (Å²) in [5, 5.41) is 1.07. The fourth-order valence-electron chi connectivity index (χ4n) is 2.19. The van der Waals surface area contributed by atoms with Gasteiger partial charge in [0.2, 0.25) is 0 Å². The minimum Gasteiger partial charge on any atom is -0.358 e. The number of hydrogen-bond donors (Lipinski definition) is 1. The highest BCUT2D eigenvalue weighted by Crippen LogP contribution is 2.21. The Hall–Kier alpha value is -1.90. The van der Waals surface area contributed by atoms with Gasteiger partial charge in [0.15, 0.2) is 0 Å². The van der Waals surface area contributed by atoms with E-state index in [2.05, 4.69) is 4.98 Å². The molecule has 19 heavy (non-hydrogen) atoms. The zero-order valence-electron chi connectivity index (χ0n) is 11.5. The molecule has 0 unspecified atom stereocenters. The molecule has 0 aliphatic rings. The maximum absolute atomic E-state index is 11.6. The van der Waals surface area contributed by atoms with Crippen LogP contribution >= 0.6 is 0 Å². The molecule has 0 atom stereocenters. The summed E-state index contributed by atoms with van der Waals surface area (Å²) in [5.74, 6) is 0.450. The van der Waals surface area contributed by atoms with Crippen molar-refractivity contribution in [2.45, 2.75) is 39.5 Å². The number of H-pyrrole nitrogens is 1. The molecular weight excluding hydrogens is 238 g/mol. The van der Waals surface area contributed by atoms with Crippen molar-refractivity contribution in [3.05, 3.63) is 35.5 Å². The lowest BCUT2D eigenvalue weighted by Crippen LogP contribution is -2.02. The first-order chi connectivity index (χ1) is 9.13. The van der Waals surface area contributed by atoms with Crippen LogP contribution in [0.1, 0.15) is 37.9 Å². The van der Waals surface area contributed by atoms with Crippen molar-refractivity contribution in [3.8, 4) is 0 Å². The van der Waals surface area contributed by atoms with Crippen LogP contribution in [-0.4, -0.2) is 16.6 Å². The molecular formula is C16H19NO2. The first kappa shape index (κ1) is 13.5. The van der Waals surface area contributed by atoms with Crippen LogP contribution in [0.2, 0.25) is 0 Å². The summed E-state index contributed by atoms with van der Waals surface area (Å²) >= 11 is 0. The molecule has 0 amide bonds. The first-order valence-electron chi connectivity index (χ1n) is 6.77. The van der Waals surface area contributed by atoms with Crippen LogP contribution in [0.4, 0.5) is 0 Å². The second-order valence-corrected chi connectivity index (χ2v) is 4.81. The Morgan fingerprint density at radius 2 is 1.74 bits per heavy atom. The van der Waals surface area contributed by atoms with E-state index in [-0.39, 0.29) is 11.6 Å². The number of fused-ring (bicyclic) bond motifs is 1. The molecule has 2 rings (SSSR count).